The van der Waals surface area contributed by atoms with Gasteiger partial charge >= 0.3 is 6.09 Å². The van der Waals surface area contributed by atoms with Gasteiger partial charge < -0.3 is 4.74 Å². The quantitative estimate of drug-likeness (QED) is 0.798. The Labute approximate surface area is 94.6 Å². The highest BCUT2D eigenvalue weighted by Gasteiger charge is 2.10. The Morgan fingerprint density at radius 1 is 1.25 bits per heavy atom. The lowest BCUT2D eigenvalue weighted by atomic mass is 10.1. The van der Waals surface area contributed by atoms with Crippen molar-refractivity contribution in [3.8, 4) is 0 Å². The van der Waals surface area contributed by atoms with Crippen LogP contribution in [0, 0.1) is 0 Å². The number of para-hydroxylation sites is 1. The zero-order chi connectivity index (χ0) is 12.1. The molecule has 0 unspecified atom stereocenters. The van der Waals surface area contributed by atoms with Crippen LogP contribution in [-0.2, 0) is 4.74 Å². The van der Waals surface area contributed by atoms with Crippen LogP contribution >= 0.6 is 0 Å². The van der Waals surface area contributed by atoms with Crippen molar-refractivity contribution in [3.63, 3.8) is 0 Å². The van der Waals surface area contributed by atoms with Gasteiger partial charge in [-0.2, -0.15) is 0 Å². The van der Waals surface area contributed by atoms with Crippen LogP contribution in [0.25, 0.3) is 0 Å². The fourth-order valence-corrected chi connectivity index (χ4v) is 1.25. The number of ether oxygens (including phenoxy) is 1. The van der Waals surface area contributed by atoms with Crippen molar-refractivity contribution in [2.75, 3.05) is 5.32 Å². The van der Waals surface area contributed by atoms with Crippen molar-refractivity contribution in [1.29, 1.82) is 0 Å². The molecule has 0 radical (unpaired) electrons. The largest absolute Gasteiger partial charge is 0.447 e. The van der Waals surface area contributed by atoms with Crippen LogP contribution in [0.5, 0.6) is 0 Å². The summed E-state index contributed by atoms with van der Waals surface area (Å²) in [7, 11) is 0. The van der Waals surface area contributed by atoms with Crippen LogP contribution in [0.2, 0.25) is 0 Å². The average Bonchev–Trinajstić information content (AvgIpc) is 2.16. The number of amides is 1. The maximum absolute atomic E-state index is 11.4. The van der Waals surface area contributed by atoms with E-state index in [4.69, 9.17) is 4.74 Å². The Balaban J connectivity index is 2.81. The smallest absolute Gasteiger partial charge is 0.411 e. The highest BCUT2D eigenvalue weighted by Crippen LogP contribution is 2.15. The van der Waals surface area contributed by atoms with Gasteiger partial charge in [-0.3, -0.25) is 10.1 Å². The van der Waals surface area contributed by atoms with E-state index in [1.807, 2.05) is 0 Å². The van der Waals surface area contributed by atoms with E-state index in [1.54, 1.807) is 38.1 Å². The molecule has 4 heteroatoms. The molecular formula is C12H15NO3. The van der Waals surface area contributed by atoms with Gasteiger partial charge in [-0.25, -0.2) is 4.79 Å². The SMILES string of the molecule is CC(=O)c1ccccc1NC(=O)OC(C)C. The number of hydrogen-bond acceptors (Lipinski definition) is 3. The van der Waals surface area contributed by atoms with E-state index >= 15 is 0 Å². The Kier molecular flexibility index (Phi) is 4.05. The molecule has 0 fully saturated rings. The highest BCUT2D eigenvalue weighted by atomic mass is 16.6. The normalized spacial score (nSPS) is 10.0. The molecule has 0 aromatic heterocycles. The monoisotopic (exact) mass is 221 g/mol. The van der Waals surface area contributed by atoms with E-state index in [0.717, 1.165) is 0 Å². The zero-order valence-corrected chi connectivity index (χ0v) is 9.61. The Morgan fingerprint density at radius 2 is 1.88 bits per heavy atom. The van der Waals surface area contributed by atoms with Crippen molar-refractivity contribution in [1.82, 2.24) is 0 Å². The highest BCUT2D eigenvalue weighted by molar-refractivity contribution is 6.02. The minimum Gasteiger partial charge on any atom is -0.447 e. The van der Waals surface area contributed by atoms with Gasteiger partial charge in [0.15, 0.2) is 5.78 Å². The summed E-state index contributed by atoms with van der Waals surface area (Å²) in [6.07, 6.45) is -0.742. The van der Waals surface area contributed by atoms with E-state index < -0.39 is 6.09 Å². The summed E-state index contributed by atoms with van der Waals surface area (Å²) in [4.78, 5) is 22.6. The van der Waals surface area contributed by atoms with Crippen molar-refractivity contribution in [2.24, 2.45) is 0 Å². The molecule has 1 aromatic carbocycles. The Bertz CT molecular complexity index is 399. The van der Waals surface area contributed by atoms with Gasteiger partial charge in [0.2, 0.25) is 0 Å². The third-order valence-corrected chi connectivity index (χ3v) is 1.89. The van der Waals surface area contributed by atoms with Gasteiger partial charge in [-0.1, -0.05) is 12.1 Å². The molecule has 0 bridgehead atoms. The van der Waals surface area contributed by atoms with Crippen molar-refractivity contribution >= 4 is 17.6 Å². The molecule has 86 valence electrons. The molecule has 0 aliphatic rings. The maximum atomic E-state index is 11.4. The zero-order valence-electron chi connectivity index (χ0n) is 9.61. The van der Waals surface area contributed by atoms with Crippen molar-refractivity contribution in [2.45, 2.75) is 26.9 Å². The molecule has 0 spiro atoms. The van der Waals surface area contributed by atoms with Crippen LogP contribution in [0.4, 0.5) is 10.5 Å². The molecule has 0 aliphatic carbocycles. The van der Waals surface area contributed by atoms with Gasteiger partial charge in [-0.15, -0.1) is 0 Å². The predicted molar refractivity (Wildman–Crippen MR) is 61.7 cm³/mol. The molecule has 0 saturated heterocycles. The molecule has 0 saturated carbocycles. The lowest BCUT2D eigenvalue weighted by Crippen LogP contribution is -2.19. The second-order valence-corrected chi connectivity index (χ2v) is 3.68. The third-order valence-electron chi connectivity index (χ3n) is 1.89. The van der Waals surface area contributed by atoms with E-state index in [-0.39, 0.29) is 11.9 Å². The van der Waals surface area contributed by atoms with Crippen LogP contribution in [-0.4, -0.2) is 18.0 Å². The van der Waals surface area contributed by atoms with E-state index in [1.165, 1.54) is 6.92 Å². The van der Waals surface area contributed by atoms with Gasteiger partial charge in [0.1, 0.15) is 0 Å². The second kappa shape index (κ2) is 5.30. The first-order valence-electron chi connectivity index (χ1n) is 5.08. The van der Waals surface area contributed by atoms with Crippen LogP contribution in [0.3, 0.4) is 0 Å². The van der Waals surface area contributed by atoms with E-state index in [2.05, 4.69) is 5.32 Å². The number of carbonyl (C=O) groups is 2. The molecule has 0 atom stereocenters. The number of hydrogen-bond donors (Lipinski definition) is 1. The first kappa shape index (κ1) is 12.2. The summed E-state index contributed by atoms with van der Waals surface area (Å²) < 4.78 is 4.93. The Hall–Kier alpha value is -1.84. The number of benzene rings is 1. The molecule has 0 heterocycles. The molecule has 1 amide bonds. The summed E-state index contributed by atoms with van der Waals surface area (Å²) >= 11 is 0. The van der Waals surface area contributed by atoms with Crippen LogP contribution < -0.4 is 5.32 Å². The molecule has 1 N–H and O–H groups in total. The van der Waals surface area contributed by atoms with Gasteiger partial charge in [0, 0.05) is 5.56 Å². The number of nitrogens with one attached hydrogen (secondary N) is 1. The molecule has 16 heavy (non-hydrogen) atoms. The Morgan fingerprint density at radius 3 is 2.44 bits per heavy atom. The van der Waals surface area contributed by atoms with E-state index in [9.17, 15) is 9.59 Å². The topological polar surface area (TPSA) is 55.4 Å². The van der Waals surface area contributed by atoms with Gasteiger partial charge in [0.05, 0.1) is 11.8 Å². The van der Waals surface area contributed by atoms with Crippen LogP contribution in [0.1, 0.15) is 31.1 Å². The number of carbonyl (C=O) groups excluding carboxylic acids is 2. The maximum Gasteiger partial charge on any atom is 0.411 e. The summed E-state index contributed by atoms with van der Waals surface area (Å²) in [5.74, 6) is -0.0968. The first-order valence-corrected chi connectivity index (χ1v) is 5.08. The number of anilines is 1. The van der Waals surface area contributed by atoms with E-state index in [0.29, 0.717) is 11.3 Å². The average molecular weight is 221 g/mol. The number of ketones is 1. The van der Waals surface area contributed by atoms with Gasteiger partial charge in [0.25, 0.3) is 0 Å². The van der Waals surface area contributed by atoms with Crippen molar-refractivity contribution < 1.29 is 14.3 Å². The molecule has 1 aromatic rings. The first-order chi connectivity index (χ1) is 7.50. The number of Topliss-reactive ketones (excluding diaryl/α,β-unsaturated/α-hetero) is 1. The third kappa shape index (κ3) is 3.38. The second-order valence-electron chi connectivity index (χ2n) is 3.68. The predicted octanol–water partition coefficient (Wildman–Crippen LogP) is 2.85. The summed E-state index contributed by atoms with van der Waals surface area (Å²) in [5, 5.41) is 2.54. The molecule has 0 aliphatic heterocycles. The summed E-state index contributed by atoms with van der Waals surface area (Å²) in [6, 6.07) is 6.82. The molecule has 1 rings (SSSR count). The lowest BCUT2D eigenvalue weighted by molar-refractivity contribution is 0.101. The molecular weight excluding hydrogens is 206 g/mol. The fourth-order valence-electron chi connectivity index (χ4n) is 1.25. The minimum atomic E-state index is -0.552. The lowest BCUT2D eigenvalue weighted by Gasteiger charge is -2.11. The van der Waals surface area contributed by atoms with Crippen LogP contribution in [0.15, 0.2) is 24.3 Å². The van der Waals surface area contributed by atoms with Crippen molar-refractivity contribution in [3.05, 3.63) is 29.8 Å². The standard InChI is InChI=1S/C12H15NO3/c1-8(2)16-12(15)13-11-7-5-4-6-10(11)9(3)14/h4-8H,1-3H3,(H,13,15). The van der Waals surface area contributed by atoms with Gasteiger partial charge in [-0.05, 0) is 32.9 Å². The fraction of sp³-hybridized carbons (Fsp3) is 0.333. The minimum absolute atomic E-state index is 0.0968. The summed E-state index contributed by atoms with van der Waals surface area (Å²) in [5.41, 5.74) is 0.948. The summed E-state index contributed by atoms with van der Waals surface area (Å²) in [6.45, 7) is 4.97. The number of rotatable bonds is 3. The molecule has 4 nitrogen and oxygen atoms in total.